The Balaban J connectivity index is 1.12. The third-order valence-corrected chi connectivity index (χ3v) is 9.86. The van der Waals surface area contributed by atoms with Crippen molar-refractivity contribution in [2.75, 3.05) is 26.4 Å². The molecule has 4 aromatic carbocycles. The molecule has 0 bridgehead atoms. The lowest BCUT2D eigenvalue weighted by Crippen LogP contribution is -2.10. The Hall–Kier alpha value is -5.90. The van der Waals surface area contributed by atoms with Crippen molar-refractivity contribution >= 4 is 34.6 Å². The van der Waals surface area contributed by atoms with E-state index in [4.69, 9.17) is 28.4 Å². The number of esters is 4. The number of hydrogen-bond acceptors (Lipinski definition) is 10. The number of rotatable bonds is 30. The Morgan fingerprint density at radius 3 is 1.05 bits per heavy atom. The van der Waals surface area contributed by atoms with E-state index in [2.05, 4.69) is 13.2 Å². The van der Waals surface area contributed by atoms with E-state index in [-0.39, 0.29) is 11.9 Å². The smallest absolute Gasteiger partial charge is 0.343 e. The van der Waals surface area contributed by atoms with Gasteiger partial charge in [-0.2, -0.15) is 0 Å². The minimum Gasteiger partial charge on any atom is -0.494 e. The second-order valence-corrected chi connectivity index (χ2v) is 14.5. The van der Waals surface area contributed by atoms with Crippen molar-refractivity contribution in [2.24, 2.45) is 0 Å². The van der Waals surface area contributed by atoms with Crippen LogP contribution in [0.2, 0.25) is 0 Å². The van der Waals surface area contributed by atoms with Crippen molar-refractivity contribution in [1.82, 2.24) is 0 Å². The fourth-order valence-electron chi connectivity index (χ4n) is 6.50. The highest BCUT2D eigenvalue weighted by atomic mass is 16.5. The monoisotopic (exact) mass is 820 g/mol. The Kier molecular flexibility index (Phi) is 21.6. The molecule has 10 heteroatoms. The largest absolute Gasteiger partial charge is 0.494 e. The molecular formula is C50H60O10. The Labute approximate surface area is 354 Å². The molecule has 320 valence electrons. The van der Waals surface area contributed by atoms with Gasteiger partial charge >= 0.3 is 23.9 Å². The maximum atomic E-state index is 13.1. The first-order valence-electron chi connectivity index (χ1n) is 21.4. The van der Waals surface area contributed by atoms with Crippen molar-refractivity contribution in [3.8, 4) is 23.0 Å². The summed E-state index contributed by atoms with van der Waals surface area (Å²) in [6, 6.07) is 24.4. The number of fused-ring (bicyclic) bond motifs is 1. The number of carbonyl (C=O) groups excluding carboxylic acids is 4. The van der Waals surface area contributed by atoms with Gasteiger partial charge in [0.15, 0.2) is 0 Å². The van der Waals surface area contributed by atoms with Gasteiger partial charge in [-0.25, -0.2) is 19.2 Å². The second kappa shape index (κ2) is 27.7. The molecule has 0 heterocycles. The van der Waals surface area contributed by atoms with E-state index in [1.807, 2.05) is 12.1 Å². The molecule has 0 aliphatic rings. The molecule has 0 atom stereocenters. The van der Waals surface area contributed by atoms with E-state index in [1.54, 1.807) is 72.8 Å². The van der Waals surface area contributed by atoms with Crippen LogP contribution in [0.5, 0.6) is 23.0 Å². The fraction of sp³-hybridized carbons (Fsp3) is 0.400. The molecule has 0 aliphatic heterocycles. The van der Waals surface area contributed by atoms with Gasteiger partial charge in [-0.3, -0.25) is 0 Å². The summed E-state index contributed by atoms with van der Waals surface area (Å²) in [4.78, 5) is 48.4. The van der Waals surface area contributed by atoms with Crippen LogP contribution in [0.3, 0.4) is 0 Å². The van der Waals surface area contributed by atoms with Crippen LogP contribution in [0.25, 0.3) is 10.8 Å². The summed E-state index contributed by atoms with van der Waals surface area (Å²) in [5.74, 6) is 0.346. The zero-order chi connectivity index (χ0) is 42.6. The normalized spacial score (nSPS) is 10.7. The van der Waals surface area contributed by atoms with E-state index in [9.17, 15) is 19.2 Å². The molecule has 0 N–H and O–H groups in total. The van der Waals surface area contributed by atoms with Crippen molar-refractivity contribution < 1.29 is 47.6 Å². The molecule has 0 amide bonds. The van der Waals surface area contributed by atoms with Gasteiger partial charge < -0.3 is 28.4 Å². The van der Waals surface area contributed by atoms with Gasteiger partial charge in [-0.1, -0.05) is 114 Å². The molecule has 0 saturated heterocycles. The van der Waals surface area contributed by atoms with Gasteiger partial charge in [0.1, 0.15) is 23.0 Å². The number of carbonyl (C=O) groups is 4. The van der Waals surface area contributed by atoms with Gasteiger partial charge in [-0.15, -0.1) is 0 Å². The van der Waals surface area contributed by atoms with Crippen LogP contribution in [0.4, 0.5) is 0 Å². The minimum atomic E-state index is -0.509. The van der Waals surface area contributed by atoms with Crippen LogP contribution in [0.15, 0.2) is 110 Å². The average Bonchev–Trinajstić information content (AvgIpc) is 3.27. The van der Waals surface area contributed by atoms with Crippen molar-refractivity contribution in [3.63, 3.8) is 0 Å². The summed E-state index contributed by atoms with van der Waals surface area (Å²) in [5, 5.41) is 1.27. The predicted octanol–water partition coefficient (Wildman–Crippen LogP) is 11.7. The third-order valence-electron chi connectivity index (χ3n) is 9.86. The first kappa shape index (κ1) is 46.8. The number of hydrogen-bond donors (Lipinski definition) is 0. The standard InChI is InChI=1S/C50H60O10/c1-3-47(51)57-37-19-15-11-7-5-9-13-17-35-55-41-31-27-39(28-32-41)49(53)59-45-25-21-24-44-43(45)23-22-26-46(44)60-50(54)40-29-33-42(34-30-40)56-36-18-14-10-6-8-12-16-20-38-58-48(52)4-2/h3-4,21-34H,1-2,5-20,35-38H2. The summed E-state index contributed by atoms with van der Waals surface area (Å²) in [5.41, 5.74) is 0.775. The molecule has 0 unspecified atom stereocenters. The molecule has 60 heavy (non-hydrogen) atoms. The quantitative estimate of drug-likeness (QED) is 0.0217. The predicted molar refractivity (Wildman–Crippen MR) is 234 cm³/mol. The number of unbranched alkanes of at least 4 members (excludes halogenated alkanes) is 14. The highest BCUT2D eigenvalue weighted by Crippen LogP contribution is 2.33. The summed E-state index contributed by atoms with van der Waals surface area (Å²) >= 11 is 0. The molecular weight excluding hydrogens is 761 g/mol. The molecule has 0 saturated carbocycles. The summed E-state index contributed by atoms with van der Waals surface area (Å²) in [7, 11) is 0. The van der Waals surface area contributed by atoms with Gasteiger partial charge in [0.2, 0.25) is 0 Å². The lowest BCUT2D eigenvalue weighted by Gasteiger charge is -2.12. The Bertz CT molecular complexity index is 1790. The van der Waals surface area contributed by atoms with E-state index in [0.717, 1.165) is 77.0 Å². The van der Waals surface area contributed by atoms with Crippen LogP contribution >= 0.6 is 0 Å². The summed E-state index contributed by atoms with van der Waals surface area (Å²) in [6.45, 7) is 8.90. The SMILES string of the molecule is C=CC(=O)OCCCCCCCCCCOc1ccc(C(=O)Oc2cccc3c(OC(=O)c4ccc(OCCCCCCCCCCOC(=O)C=C)cc4)cccc23)cc1. The van der Waals surface area contributed by atoms with Crippen LogP contribution < -0.4 is 18.9 Å². The lowest BCUT2D eigenvalue weighted by atomic mass is 10.1. The van der Waals surface area contributed by atoms with Gasteiger partial charge in [0.05, 0.1) is 37.6 Å². The Morgan fingerprint density at radius 1 is 0.400 bits per heavy atom. The zero-order valence-corrected chi connectivity index (χ0v) is 34.9. The number of ether oxygens (including phenoxy) is 6. The van der Waals surface area contributed by atoms with Crippen LogP contribution in [0.1, 0.15) is 123 Å². The first-order chi connectivity index (χ1) is 29.4. The van der Waals surface area contributed by atoms with Crippen molar-refractivity contribution in [1.29, 1.82) is 0 Å². The minimum absolute atomic E-state index is 0.354. The molecule has 0 spiro atoms. The van der Waals surface area contributed by atoms with E-state index in [0.29, 0.717) is 71.3 Å². The molecule has 0 aromatic heterocycles. The topological polar surface area (TPSA) is 124 Å². The molecule has 4 rings (SSSR count). The average molecular weight is 821 g/mol. The zero-order valence-electron chi connectivity index (χ0n) is 34.9. The summed E-state index contributed by atoms with van der Waals surface area (Å²) < 4.78 is 33.4. The molecule has 4 aromatic rings. The maximum Gasteiger partial charge on any atom is 0.343 e. The Morgan fingerprint density at radius 2 is 0.717 bits per heavy atom. The van der Waals surface area contributed by atoms with Crippen molar-refractivity contribution in [2.45, 2.75) is 103 Å². The third kappa shape index (κ3) is 17.5. The molecule has 10 nitrogen and oxygen atoms in total. The number of benzene rings is 4. The van der Waals surface area contributed by atoms with Crippen LogP contribution in [0, 0.1) is 0 Å². The molecule has 0 radical (unpaired) electrons. The fourth-order valence-corrected chi connectivity index (χ4v) is 6.50. The lowest BCUT2D eigenvalue weighted by molar-refractivity contribution is -0.138. The first-order valence-corrected chi connectivity index (χ1v) is 21.4. The van der Waals surface area contributed by atoms with Gasteiger partial charge in [0.25, 0.3) is 0 Å². The van der Waals surface area contributed by atoms with Gasteiger partial charge in [-0.05, 0) is 86.3 Å². The van der Waals surface area contributed by atoms with Crippen molar-refractivity contribution in [3.05, 3.63) is 121 Å². The molecule has 0 fully saturated rings. The van der Waals surface area contributed by atoms with Crippen LogP contribution in [-0.4, -0.2) is 50.3 Å². The second-order valence-electron chi connectivity index (χ2n) is 14.5. The molecule has 0 aliphatic carbocycles. The van der Waals surface area contributed by atoms with E-state index >= 15 is 0 Å². The van der Waals surface area contributed by atoms with E-state index < -0.39 is 11.9 Å². The van der Waals surface area contributed by atoms with E-state index in [1.165, 1.54) is 37.8 Å². The highest BCUT2D eigenvalue weighted by molar-refractivity contribution is 5.99. The van der Waals surface area contributed by atoms with Gasteiger partial charge in [0, 0.05) is 22.9 Å². The maximum absolute atomic E-state index is 13.1. The summed E-state index contributed by atoms with van der Waals surface area (Å²) in [6.07, 6.45) is 19.5. The highest BCUT2D eigenvalue weighted by Gasteiger charge is 2.16. The van der Waals surface area contributed by atoms with Crippen LogP contribution in [-0.2, 0) is 19.1 Å².